The van der Waals surface area contributed by atoms with Gasteiger partial charge in [-0.1, -0.05) is 23.7 Å². The van der Waals surface area contributed by atoms with Crippen molar-refractivity contribution in [2.45, 2.75) is 6.42 Å². The molecular formula is C18H14ClN3O4. The number of benzene rings is 2. The first-order valence-corrected chi connectivity index (χ1v) is 8.07. The summed E-state index contributed by atoms with van der Waals surface area (Å²) in [6.45, 7) is -0.296. The monoisotopic (exact) mass is 371 g/mol. The van der Waals surface area contributed by atoms with E-state index in [2.05, 4.69) is 16.7 Å². The highest BCUT2D eigenvalue weighted by Gasteiger charge is 2.19. The highest BCUT2D eigenvalue weighted by Crippen LogP contribution is 2.36. The van der Waals surface area contributed by atoms with Crippen LogP contribution in [-0.2, 0) is 16.0 Å². The van der Waals surface area contributed by atoms with E-state index in [9.17, 15) is 9.59 Å². The van der Waals surface area contributed by atoms with Gasteiger partial charge in [0.25, 0.3) is 11.8 Å². The highest BCUT2D eigenvalue weighted by atomic mass is 35.5. The molecular weight excluding hydrogens is 358 g/mol. The number of nitriles is 1. The molecule has 1 aliphatic rings. The van der Waals surface area contributed by atoms with Gasteiger partial charge in [0.15, 0.2) is 13.2 Å². The van der Waals surface area contributed by atoms with Crippen molar-refractivity contribution in [2.24, 2.45) is 0 Å². The lowest BCUT2D eigenvalue weighted by Gasteiger charge is -2.19. The summed E-state index contributed by atoms with van der Waals surface area (Å²) in [4.78, 5) is 23.4. The van der Waals surface area contributed by atoms with E-state index in [1.165, 1.54) is 6.07 Å². The van der Waals surface area contributed by atoms with Crippen LogP contribution in [0, 0.1) is 11.3 Å². The second-order valence-electron chi connectivity index (χ2n) is 5.48. The SMILES string of the molecule is N#CCc1ccc(OCC(=O)Nc2cc3c(cc2Cl)NC(=O)CO3)cc1. The van der Waals surface area contributed by atoms with Crippen molar-refractivity contribution >= 4 is 34.8 Å². The van der Waals surface area contributed by atoms with Crippen LogP contribution in [0.25, 0.3) is 0 Å². The molecule has 0 spiro atoms. The van der Waals surface area contributed by atoms with Gasteiger partial charge in [-0.3, -0.25) is 9.59 Å². The third-order valence-corrected chi connectivity index (χ3v) is 3.87. The number of rotatable bonds is 5. The predicted octanol–water partition coefficient (Wildman–Crippen LogP) is 2.75. The van der Waals surface area contributed by atoms with Crippen molar-refractivity contribution in [3.8, 4) is 17.6 Å². The normalized spacial score (nSPS) is 12.2. The summed E-state index contributed by atoms with van der Waals surface area (Å²) in [5, 5.41) is 14.2. The first-order chi connectivity index (χ1) is 12.5. The van der Waals surface area contributed by atoms with Crippen LogP contribution in [0.2, 0.25) is 5.02 Å². The fourth-order valence-electron chi connectivity index (χ4n) is 2.33. The van der Waals surface area contributed by atoms with Crippen molar-refractivity contribution in [1.29, 1.82) is 5.26 Å². The highest BCUT2D eigenvalue weighted by molar-refractivity contribution is 6.34. The van der Waals surface area contributed by atoms with Gasteiger partial charge in [0.2, 0.25) is 0 Å². The van der Waals surface area contributed by atoms with Crippen LogP contribution in [0.5, 0.6) is 11.5 Å². The van der Waals surface area contributed by atoms with E-state index in [0.717, 1.165) is 5.56 Å². The Balaban J connectivity index is 1.60. The molecule has 0 saturated carbocycles. The Kier molecular flexibility index (Phi) is 5.25. The number of nitrogens with one attached hydrogen (secondary N) is 2. The molecule has 0 unspecified atom stereocenters. The smallest absolute Gasteiger partial charge is 0.262 e. The van der Waals surface area contributed by atoms with Gasteiger partial charge >= 0.3 is 0 Å². The molecule has 0 fully saturated rings. The minimum atomic E-state index is -0.396. The van der Waals surface area contributed by atoms with Gasteiger partial charge in [0.1, 0.15) is 11.5 Å². The molecule has 26 heavy (non-hydrogen) atoms. The van der Waals surface area contributed by atoms with Crippen LogP contribution in [0.1, 0.15) is 5.56 Å². The van der Waals surface area contributed by atoms with Crippen molar-refractivity contribution in [1.82, 2.24) is 0 Å². The molecule has 1 aliphatic heterocycles. The molecule has 0 saturated heterocycles. The molecule has 3 rings (SSSR count). The molecule has 2 aromatic carbocycles. The zero-order chi connectivity index (χ0) is 18.5. The molecule has 7 nitrogen and oxygen atoms in total. The standard InChI is InChI=1S/C18H14ClN3O4/c19-13-7-15-16(26-10-18(24)22-15)8-14(13)21-17(23)9-25-12-3-1-11(2-4-12)5-6-20/h1-4,7-8H,5,9-10H2,(H,21,23)(H,22,24). The van der Waals surface area contributed by atoms with Gasteiger partial charge in [0.05, 0.1) is 28.9 Å². The summed E-state index contributed by atoms with van der Waals surface area (Å²) in [7, 11) is 0. The molecule has 132 valence electrons. The summed E-state index contributed by atoms with van der Waals surface area (Å²) in [6.07, 6.45) is 0.320. The Morgan fingerprint density at radius 1 is 1.35 bits per heavy atom. The largest absolute Gasteiger partial charge is 0.484 e. The fourth-order valence-corrected chi connectivity index (χ4v) is 2.54. The summed E-state index contributed by atoms with van der Waals surface area (Å²) in [5.41, 5.74) is 1.69. The first kappa shape index (κ1) is 17.6. The Morgan fingerprint density at radius 2 is 2.12 bits per heavy atom. The molecule has 0 atom stereocenters. The minimum Gasteiger partial charge on any atom is -0.484 e. The summed E-state index contributed by atoms with van der Waals surface area (Å²) < 4.78 is 10.7. The molecule has 2 N–H and O–H groups in total. The van der Waals surface area contributed by atoms with E-state index >= 15 is 0 Å². The topological polar surface area (TPSA) is 100 Å². The number of halogens is 1. The number of ether oxygens (including phenoxy) is 2. The second kappa shape index (κ2) is 7.76. The van der Waals surface area contributed by atoms with Crippen LogP contribution < -0.4 is 20.1 Å². The molecule has 0 radical (unpaired) electrons. The molecule has 2 amide bonds. The first-order valence-electron chi connectivity index (χ1n) is 7.70. The third kappa shape index (κ3) is 4.23. The van der Waals surface area contributed by atoms with E-state index in [1.807, 2.05) is 0 Å². The number of fused-ring (bicyclic) bond motifs is 1. The lowest BCUT2D eigenvalue weighted by molar-refractivity contribution is -0.119. The molecule has 2 aromatic rings. The molecule has 8 heteroatoms. The zero-order valence-electron chi connectivity index (χ0n) is 13.5. The quantitative estimate of drug-likeness (QED) is 0.841. The zero-order valence-corrected chi connectivity index (χ0v) is 14.3. The predicted molar refractivity (Wildman–Crippen MR) is 95.5 cm³/mol. The molecule has 1 heterocycles. The van der Waals surface area contributed by atoms with Crippen LogP contribution in [-0.4, -0.2) is 25.0 Å². The summed E-state index contributed by atoms with van der Waals surface area (Å²) >= 11 is 6.13. The van der Waals surface area contributed by atoms with Crippen molar-refractivity contribution in [3.63, 3.8) is 0 Å². The average molecular weight is 372 g/mol. The van der Waals surface area contributed by atoms with E-state index in [1.54, 1.807) is 30.3 Å². The Bertz CT molecular complexity index is 891. The maximum atomic E-state index is 12.1. The number of hydrogen-bond acceptors (Lipinski definition) is 5. The number of nitrogens with zero attached hydrogens (tertiary/aromatic N) is 1. The van der Waals surface area contributed by atoms with Gasteiger partial charge in [0, 0.05) is 6.07 Å². The molecule has 0 bridgehead atoms. The maximum Gasteiger partial charge on any atom is 0.262 e. The van der Waals surface area contributed by atoms with Crippen LogP contribution in [0.15, 0.2) is 36.4 Å². The number of carbonyl (C=O) groups excluding carboxylic acids is 2. The summed E-state index contributed by atoms with van der Waals surface area (Å²) in [5.74, 6) is 0.287. The molecule has 0 aliphatic carbocycles. The number of anilines is 2. The lowest BCUT2D eigenvalue weighted by Crippen LogP contribution is -2.26. The average Bonchev–Trinajstić information content (AvgIpc) is 2.62. The van der Waals surface area contributed by atoms with Gasteiger partial charge in [-0.25, -0.2) is 0 Å². The van der Waals surface area contributed by atoms with E-state index in [0.29, 0.717) is 29.3 Å². The maximum absolute atomic E-state index is 12.1. The second-order valence-corrected chi connectivity index (χ2v) is 5.89. The fraction of sp³-hybridized carbons (Fsp3) is 0.167. The minimum absolute atomic E-state index is 0.0904. The van der Waals surface area contributed by atoms with Crippen LogP contribution in [0.3, 0.4) is 0 Å². The van der Waals surface area contributed by atoms with E-state index in [4.69, 9.17) is 26.3 Å². The number of amides is 2. The lowest BCUT2D eigenvalue weighted by atomic mass is 10.2. The van der Waals surface area contributed by atoms with Crippen LogP contribution in [0.4, 0.5) is 11.4 Å². The van der Waals surface area contributed by atoms with E-state index < -0.39 is 5.91 Å². The van der Waals surface area contributed by atoms with Crippen molar-refractivity contribution < 1.29 is 19.1 Å². The van der Waals surface area contributed by atoms with Gasteiger partial charge < -0.3 is 20.1 Å². The molecule has 0 aromatic heterocycles. The summed E-state index contributed by atoms with van der Waals surface area (Å²) in [6, 6.07) is 12.0. The van der Waals surface area contributed by atoms with Crippen LogP contribution >= 0.6 is 11.6 Å². The Morgan fingerprint density at radius 3 is 2.85 bits per heavy atom. The van der Waals surface area contributed by atoms with Crippen molar-refractivity contribution in [3.05, 3.63) is 47.0 Å². The van der Waals surface area contributed by atoms with Crippen molar-refractivity contribution in [2.75, 3.05) is 23.8 Å². The van der Waals surface area contributed by atoms with E-state index in [-0.39, 0.29) is 24.1 Å². The van der Waals surface area contributed by atoms with Gasteiger partial charge in [-0.2, -0.15) is 5.26 Å². The Labute approximate surface area is 154 Å². The Hall–Kier alpha value is -3.24. The number of hydrogen-bond donors (Lipinski definition) is 2. The third-order valence-electron chi connectivity index (χ3n) is 3.55. The number of carbonyl (C=O) groups is 2. The van der Waals surface area contributed by atoms with Gasteiger partial charge in [-0.15, -0.1) is 0 Å². The van der Waals surface area contributed by atoms with Gasteiger partial charge in [-0.05, 0) is 23.8 Å².